The fourth-order valence-electron chi connectivity index (χ4n) is 1.49. The first kappa shape index (κ1) is 12.9. The molecule has 1 atom stereocenters. The number of nitrogens with zero attached hydrogens (tertiary/aromatic N) is 2. The van der Waals surface area contributed by atoms with Gasteiger partial charge in [-0.1, -0.05) is 12.1 Å². The van der Waals surface area contributed by atoms with Crippen molar-refractivity contribution < 1.29 is 14.6 Å². The maximum atomic E-state index is 9.40. The molecule has 0 saturated carbocycles. The smallest absolute Gasteiger partial charge is 0.219 e. The first-order valence-electron chi connectivity index (χ1n) is 5.59. The van der Waals surface area contributed by atoms with Crippen LogP contribution in [0.3, 0.4) is 0 Å². The van der Waals surface area contributed by atoms with Crippen molar-refractivity contribution in [2.45, 2.75) is 6.10 Å². The first-order valence-corrected chi connectivity index (χ1v) is 5.59. The summed E-state index contributed by atoms with van der Waals surface area (Å²) < 4.78 is 10.6. The van der Waals surface area contributed by atoms with Gasteiger partial charge in [-0.3, -0.25) is 0 Å². The van der Waals surface area contributed by atoms with E-state index in [2.05, 4.69) is 4.98 Å². The van der Waals surface area contributed by atoms with E-state index in [0.29, 0.717) is 17.4 Å². The third-order valence-electron chi connectivity index (χ3n) is 2.41. The molecule has 0 aliphatic rings. The van der Waals surface area contributed by atoms with Crippen LogP contribution in [0.4, 0.5) is 0 Å². The predicted octanol–water partition coefficient (Wildman–Crippen LogP) is 2.44. The second-order valence-corrected chi connectivity index (χ2v) is 3.71. The van der Waals surface area contributed by atoms with Gasteiger partial charge in [0, 0.05) is 12.1 Å². The molecule has 1 aromatic heterocycles. The maximum absolute atomic E-state index is 9.40. The molecular formula is C14H12N2O3. The number of rotatable bonds is 4. The van der Waals surface area contributed by atoms with Gasteiger partial charge in [-0.2, -0.15) is 5.26 Å². The van der Waals surface area contributed by atoms with Crippen LogP contribution < -0.4 is 9.47 Å². The van der Waals surface area contributed by atoms with E-state index in [4.69, 9.17) is 14.7 Å². The van der Waals surface area contributed by atoms with E-state index in [1.54, 1.807) is 55.6 Å². The highest BCUT2D eigenvalue weighted by Crippen LogP contribution is 2.24. The number of ether oxygens (including phenoxy) is 2. The molecule has 0 aliphatic heterocycles. The van der Waals surface area contributed by atoms with Gasteiger partial charge in [0.25, 0.3) is 0 Å². The molecule has 2 rings (SSSR count). The molecule has 96 valence electrons. The topological polar surface area (TPSA) is 75.4 Å². The zero-order chi connectivity index (χ0) is 13.7. The lowest BCUT2D eigenvalue weighted by molar-refractivity contribution is 0.229. The van der Waals surface area contributed by atoms with Gasteiger partial charge < -0.3 is 14.6 Å². The minimum Gasteiger partial charge on any atom is -0.497 e. The molecule has 1 aromatic carbocycles. The lowest BCUT2D eigenvalue weighted by Crippen LogP contribution is -1.98. The van der Waals surface area contributed by atoms with E-state index >= 15 is 0 Å². The molecule has 2 aromatic rings. The van der Waals surface area contributed by atoms with Gasteiger partial charge in [0.1, 0.15) is 17.6 Å². The molecule has 0 saturated heterocycles. The second-order valence-electron chi connectivity index (χ2n) is 3.71. The Hall–Kier alpha value is -2.58. The van der Waals surface area contributed by atoms with Crippen molar-refractivity contribution in [1.82, 2.24) is 4.98 Å². The van der Waals surface area contributed by atoms with Gasteiger partial charge in [-0.25, -0.2) is 4.98 Å². The maximum Gasteiger partial charge on any atom is 0.219 e. The molecule has 1 unspecified atom stereocenters. The minimum absolute atomic E-state index is 0.253. The fraction of sp³-hybridized carbons (Fsp3) is 0.143. The van der Waals surface area contributed by atoms with Gasteiger partial charge in [-0.15, -0.1) is 0 Å². The number of aliphatic hydroxyl groups is 1. The fourth-order valence-corrected chi connectivity index (χ4v) is 1.49. The Labute approximate surface area is 110 Å². The van der Waals surface area contributed by atoms with E-state index in [9.17, 15) is 5.11 Å². The summed E-state index contributed by atoms with van der Waals surface area (Å²) in [6.45, 7) is 0. The lowest BCUT2D eigenvalue weighted by atomic mass is 10.2. The summed E-state index contributed by atoms with van der Waals surface area (Å²) in [7, 11) is 1.57. The summed E-state index contributed by atoms with van der Waals surface area (Å²) in [6, 6.07) is 13.7. The van der Waals surface area contributed by atoms with Gasteiger partial charge in [0.05, 0.1) is 12.8 Å². The molecule has 1 N–H and O–H groups in total. The summed E-state index contributed by atoms with van der Waals surface area (Å²) in [5.41, 5.74) is 0.253. The standard InChI is InChI=1S/C14H12N2O3/c1-18-10-4-2-5-11(8-10)19-14-7-3-6-12(16-14)13(17)9-15/h2-8,13,17H,1H3. The highest BCUT2D eigenvalue weighted by Gasteiger charge is 2.08. The highest BCUT2D eigenvalue weighted by atomic mass is 16.5. The summed E-state index contributed by atoms with van der Waals surface area (Å²) in [5.74, 6) is 1.54. The number of hydrogen-bond donors (Lipinski definition) is 1. The minimum atomic E-state index is -1.26. The SMILES string of the molecule is COc1cccc(Oc2cccc(C(O)C#N)n2)c1. The van der Waals surface area contributed by atoms with Crippen LogP contribution in [0.15, 0.2) is 42.5 Å². The zero-order valence-electron chi connectivity index (χ0n) is 10.3. The van der Waals surface area contributed by atoms with Crippen LogP contribution >= 0.6 is 0 Å². The average molecular weight is 256 g/mol. The van der Waals surface area contributed by atoms with E-state index in [-0.39, 0.29) is 5.69 Å². The van der Waals surface area contributed by atoms with Crippen LogP contribution in [0.25, 0.3) is 0 Å². The number of nitriles is 1. The van der Waals surface area contributed by atoms with Crippen LogP contribution in [-0.2, 0) is 0 Å². The van der Waals surface area contributed by atoms with Crippen molar-refractivity contribution in [2.24, 2.45) is 0 Å². The molecule has 1 heterocycles. The van der Waals surface area contributed by atoms with Crippen LogP contribution in [0, 0.1) is 11.3 Å². The third kappa shape index (κ3) is 3.21. The lowest BCUT2D eigenvalue weighted by Gasteiger charge is -2.08. The van der Waals surface area contributed by atoms with Gasteiger partial charge >= 0.3 is 0 Å². The van der Waals surface area contributed by atoms with Crippen molar-refractivity contribution >= 4 is 0 Å². The Morgan fingerprint density at radius 1 is 1.21 bits per heavy atom. The molecular weight excluding hydrogens is 244 g/mol. The molecule has 0 aliphatic carbocycles. The largest absolute Gasteiger partial charge is 0.497 e. The van der Waals surface area contributed by atoms with E-state index in [1.165, 1.54) is 0 Å². The van der Waals surface area contributed by atoms with E-state index in [1.807, 2.05) is 0 Å². The van der Waals surface area contributed by atoms with Crippen molar-refractivity contribution in [2.75, 3.05) is 7.11 Å². The van der Waals surface area contributed by atoms with E-state index in [0.717, 1.165) is 0 Å². The zero-order valence-corrected chi connectivity index (χ0v) is 10.3. The Kier molecular flexibility index (Phi) is 3.96. The van der Waals surface area contributed by atoms with Gasteiger partial charge in [0.15, 0.2) is 6.10 Å². The normalized spacial score (nSPS) is 11.4. The quantitative estimate of drug-likeness (QED) is 0.850. The number of pyridine rings is 1. The summed E-state index contributed by atoms with van der Waals surface area (Å²) in [5, 5.41) is 18.0. The van der Waals surface area contributed by atoms with Crippen LogP contribution in [0.2, 0.25) is 0 Å². The van der Waals surface area contributed by atoms with Crippen molar-refractivity contribution in [3.05, 3.63) is 48.2 Å². The van der Waals surface area contributed by atoms with E-state index < -0.39 is 6.10 Å². The molecule has 0 bridgehead atoms. The molecule has 5 heteroatoms. The Bertz CT molecular complexity index is 608. The van der Waals surface area contributed by atoms with Crippen molar-refractivity contribution in [3.63, 3.8) is 0 Å². The molecule has 0 radical (unpaired) electrons. The Morgan fingerprint density at radius 3 is 2.68 bits per heavy atom. The summed E-state index contributed by atoms with van der Waals surface area (Å²) in [6.07, 6.45) is -1.26. The summed E-state index contributed by atoms with van der Waals surface area (Å²) >= 11 is 0. The van der Waals surface area contributed by atoms with Crippen LogP contribution in [0.1, 0.15) is 11.8 Å². The molecule has 0 amide bonds. The second kappa shape index (κ2) is 5.85. The molecule has 0 spiro atoms. The van der Waals surface area contributed by atoms with Gasteiger partial charge in [-0.05, 0) is 18.2 Å². The first-order chi connectivity index (χ1) is 9.22. The monoisotopic (exact) mass is 256 g/mol. The Balaban J connectivity index is 2.21. The molecule has 19 heavy (non-hydrogen) atoms. The predicted molar refractivity (Wildman–Crippen MR) is 67.9 cm³/mol. The number of aliphatic hydroxyl groups excluding tert-OH is 1. The average Bonchev–Trinajstić information content (AvgIpc) is 2.47. The molecule has 0 fully saturated rings. The number of aromatic nitrogens is 1. The van der Waals surface area contributed by atoms with Gasteiger partial charge in [0.2, 0.25) is 5.88 Å². The van der Waals surface area contributed by atoms with Crippen molar-refractivity contribution in [1.29, 1.82) is 5.26 Å². The van der Waals surface area contributed by atoms with Crippen molar-refractivity contribution in [3.8, 4) is 23.4 Å². The van der Waals surface area contributed by atoms with Crippen LogP contribution in [0.5, 0.6) is 17.4 Å². The highest BCUT2D eigenvalue weighted by molar-refractivity contribution is 5.35. The third-order valence-corrected chi connectivity index (χ3v) is 2.41. The Morgan fingerprint density at radius 2 is 1.95 bits per heavy atom. The number of methoxy groups -OCH3 is 1. The summed E-state index contributed by atoms with van der Waals surface area (Å²) in [4.78, 5) is 4.06. The number of benzene rings is 1. The molecule has 5 nitrogen and oxygen atoms in total. The number of hydrogen-bond acceptors (Lipinski definition) is 5. The van der Waals surface area contributed by atoms with Crippen LogP contribution in [-0.4, -0.2) is 17.2 Å².